The standard InChI is InChI=1S/C55H95NO5/c1-4-7-10-13-16-19-22-25-26-27-30-31-34-37-40-43-46-51(61-55(60)48-45-42-39-36-33-29-24-21-18-15-12-9-6-3)49-54(59)56-52(50-57)53(58)47-44-41-38-35-32-28-23-20-17-14-11-8-5-2/h9,12,15,18,21-22,24-27,29-31,33,51-53,57-58H,4-8,10-11,13-14,16-17,19-20,23,28,32,34-50H2,1-3H3,(H,56,59)/b12-9+,18-15+,24-21-,25-22+,27-26+,31-30+,33-29-. The second kappa shape index (κ2) is 48.1. The number of esters is 1. The molecule has 3 N–H and O–H groups in total. The second-order valence-corrected chi connectivity index (χ2v) is 17.0. The lowest BCUT2D eigenvalue weighted by atomic mass is 10.0. The van der Waals surface area contributed by atoms with E-state index in [0.717, 1.165) is 83.5 Å². The molecule has 3 atom stereocenters. The van der Waals surface area contributed by atoms with Crippen LogP contribution < -0.4 is 5.32 Å². The van der Waals surface area contributed by atoms with E-state index in [9.17, 15) is 19.8 Å². The van der Waals surface area contributed by atoms with Crippen LogP contribution in [0.2, 0.25) is 0 Å². The van der Waals surface area contributed by atoms with Crippen molar-refractivity contribution < 1.29 is 24.5 Å². The van der Waals surface area contributed by atoms with Crippen molar-refractivity contribution >= 4 is 11.9 Å². The van der Waals surface area contributed by atoms with Gasteiger partial charge in [0.05, 0.1) is 25.2 Å². The molecule has 0 aliphatic carbocycles. The van der Waals surface area contributed by atoms with Gasteiger partial charge in [0.15, 0.2) is 0 Å². The monoisotopic (exact) mass is 850 g/mol. The predicted octanol–water partition coefficient (Wildman–Crippen LogP) is 15.2. The van der Waals surface area contributed by atoms with Crippen LogP contribution in [0.15, 0.2) is 85.1 Å². The first-order chi connectivity index (χ1) is 30.0. The van der Waals surface area contributed by atoms with E-state index in [1.165, 1.54) is 96.3 Å². The zero-order valence-corrected chi connectivity index (χ0v) is 39.8. The average Bonchev–Trinajstić information content (AvgIpc) is 3.25. The molecule has 0 fully saturated rings. The number of carbonyl (C=O) groups excluding carboxylic acids is 2. The number of hydrogen-bond acceptors (Lipinski definition) is 5. The molecule has 0 aromatic carbocycles. The van der Waals surface area contributed by atoms with Crippen LogP contribution in [0.3, 0.4) is 0 Å². The minimum Gasteiger partial charge on any atom is -0.462 e. The number of unbranched alkanes of at least 4 members (excludes halogenated alkanes) is 23. The largest absolute Gasteiger partial charge is 0.462 e. The number of nitrogens with one attached hydrogen (secondary N) is 1. The first kappa shape index (κ1) is 58.0. The van der Waals surface area contributed by atoms with Crippen LogP contribution in [-0.2, 0) is 14.3 Å². The lowest BCUT2D eigenvalue weighted by molar-refractivity contribution is -0.151. The summed E-state index contributed by atoms with van der Waals surface area (Å²) >= 11 is 0. The Labute approximate surface area is 376 Å². The Kier molecular flexibility index (Phi) is 45.7. The van der Waals surface area contributed by atoms with Gasteiger partial charge in [-0.15, -0.1) is 0 Å². The molecule has 0 saturated carbocycles. The van der Waals surface area contributed by atoms with Crippen LogP contribution in [0.4, 0.5) is 0 Å². The molecule has 0 aromatic heterocycles. The Balaban J connectivity index is 4.74. The molecule has 0 aliphatic rings. The van der Waals surface area contributed by atoms with Gasteiger partial charge in [0.1, 0.15) is 6.10 Å². The number of rotatable bonds is 44. The molecule has 350 valence electrons. The van der Waals surface area contributed by atoms with Crippen LogP contribution >= 0.6 is 0 Å². The third kappa shape index (κ3) is 43.5. The molecular weight excluding hydrogens is 755 g/mol. The van der Waals surface area contributed by atoms with Crippen molar-refractivity contribution in [2.75, 3.05) is 6.61 Å². The zero-order chi connectivity index (χ0) is 44.5. The minimum atomic E-state index is -0.808. The van der Waals surface area contributed by atoms with Gasteiger partial charge in [-0.1, -0.05) is 228 Å². The molecular formula is C55H95NO5. The highest BCUT2D eigenvalue weighted by Crippen LogP contribution is 2.17. The summed E-state index contributed by atoms with van der Waals surface area (Å²) in [5.74, 6) is -0.558. The summed E-state index contributed by atoms with van der Waals surface area (Å²) in [4.78, 5) is 26.1. The normalized spacial score (nSPS) is 14.0. The van der Waals surface area contributed by atoms with Crippen molar-refractivity contribution in [3.63, 3.8) is 0 Å². The van der Waals surface area contributed by atoms with Gasteiger partial charge in [-0.25, -0.2) is 0 Å². The highest BCUT2D eigenvalue weighted by Gasteiger charge is 2.24. The Hall–Kier alpha value is -2.96. The Bertz CT molecular complexity index is 1180. The number of amides is 1. The van der Waals surface area contributed by atoms with Crippen molar-refractivity contribution in [2.45, 2.75) is 244 Å². The van der Waals surface area contributed by atoms with Gasteiger partial charge in [-0.2, -0.15) is 0 Å². The first-order valence-corrected chi connectivity index (χ1v) is 25.4. The number of aliphatic hydroxyl groups excluding tert-OH is 2. The van der Waals surface area contributed by atoms with Crippen molar-refractivity contribution in [3.05, 3.63) is 85.1 Å². The van der Waals surface area contributed by atoms with E-state index in [2.05, 4.69) is 80.8 Å². The summed E-state index contributed by atoms with van der Waals surface area (Å²) in [6.07, 6.45) is 62.1. The lowest BCUT2D eigenvalue weighted by Crippen LogP contribution is -2.46. The van der Waals surface area contributed by atoms with E-state index in [4.69, 9.17) is 4.74 Å². The topological polar surface area (TPSA) is 95.9 Å². The summed E-state index contributed by atoms with van der Waals surface area (Å²) in [7, 11) is 0. The second-order valence-electron chi connectivity index (χ2n) is 17.0. The summed E-state index contributed by atoms with van der Waals surface area (Å²) in [6.45, 7) is 6.30. The minimum absolute atomic E-state index is 0.0348. The molecule has 6 nitrogen and oxygen atoms in total. The van der Waals surface area contributed by atoms with Gasteiger partial charge < -0.3 is 20.3 Å². The summed E-state index contributed by atoms with van der Waals surface area (Å²) in [6, 6.07) is -0.725. The average molecular weight is 850 g/mol. The molecule has 6 heteroatoms. The maximum absolute atomic E-state index is 13.2. The number of hydrogen-bond donors (Lipinski definition) is 3. The van der Waals surface area contributed by atoms with E-state index in [1.807, 2.05) is 30.4 Å². The molecule has 0 bridgehead atoms. The summed E-state index contributed by atoms with van der Waals surface area (Å²) < 4.78 is 5.89. The molecule has 0 rings (SSSR count). The van der Waals surface area contributed by atoms with Crippen molar-refractivity contribution in [1.29, 1.82) is 0 Å². The summed E-state index contributed by atoms with van der Waals surface area (Å²) in [5.41, 5.74) is 0. The van der Waals surface area contributed by atoms with E-state index in [0.29, 0.717) is 19.3 Å². The van der Waals surface area contributed by atoms with Gasteiger partial charge in [0.25, 0.3) is 0 Å². The third-order valence-electron chi connectivity index (χ3n) is 11.1. The fourth-order valence-corrected chi connectivity index (χ4v) is 7.26. The van der Waals surface area contributed by atoms with Gasteiger partial charge in [-0.05, 0) is 70.6 Å². The van der Waals surface area contributed by atoms with Crippen molar-refractivity contribution in [3.8, 4) is 0 Å². The van der Waals surface area contributed by atoms with Gasteiger partial charge >= 0.3 is 5.97 Å². The molecule has 1 amide bonds. The molecule has 0 radical (unpaired) electrons. The first-order valence-electron chi connectivity index (χ1n) is 25.4. The van der Waals surface area contributed by atoms with E-state index < -0.39 is 18.2 Å². The number of ether oxygens (including phenoxy) is 1. The van der Waals surface area contributed by atoms with Crippen molar-refractivity contribution in [2.24, 2.45) is 0 Å². The smallest absolute Gasteiger partial charge is 0.306 e. The molecule has 0 spiro atoms. The van der Waals surface area contributed by atoms with Gasteiger partial charge in [-0.3, -0.25) is 9.59 Å². The Morgan fingerprint density at radius 3 is 1.36 bits per heavy atom. The van der Waals surface area contributed by atoms with E-state index in [1.54, 1.807) is 0 Å². The maximum atomic E-state index is 13.2. The predicted molar refractivity (Wildman–Crippen MR) is 264 cm³/mol. The molecule has 61 heavy (non-hydrogen) atoms. The highest BCUT2D eigenvalue weighted by atomic mass is 16.5. The quantitative estimate of drug-likeness (QED) is 0.0322. The van der Waals surface area contributed by atoms with Crippen LogP contribution in [0.25, 0.3) is 0 Å². The Morgan fingerprint density at radius 2 is 0.885 bits per heavy atom. The van der Waals surface area contributed by atoms with Crippen LogP contribution in [0, 0.1) is 0 Å². The maximum Gasteiger partial charge on any atom is 0.306 e. The lowest BCUT2D eigenvalue weighted by Gasteiger charge is -2.24. The third-order valence-corrected chi connectivity index (χ3v) is 11.1. The molecule has 3 unspecified atom stereocenters. The molecule has 0 aromatic rings. The van der Waals surface area contributed by atoms with Gasteiger partial charge in [0.2, 0.25) is 5.91 Å². The number of aliphatic hydroxyl groups is 2. The molecule has 0 aliphatic heterocycles. The SMILES string of the molecule is CC/C=C/C=C/C=C\C=C/CCCCCC(=O)OC(CCCCC/C=C/C=C/C=C/CCCCCCC)CC(=O)NC(CO)C(O)CCCCCCCCCCCCCCC. The van der Waals surface area contributed by atoms with E-state index in [-0.39, 0.29) is 24.9 Å². The van der Waals surface area contributed by atoms with Gasteiger partial charge in [0, 0.05) is 6.42 Å². The molecule has 0 saturated heterocycles. The van der Waals surface area contributed by atoms with Crippen molar-refractivity contribution in [1.82, 2.24) is 5.32 Å². The van der Waals surface area contributed by atoms with Crippen LogP contribution in [0.5, 0.6) is 0 Å². The Morgan fingerprint density at radius 1 is 0.492 bits per heavy atom. The number of carbonyl (C=O) groups is 2. The van der Waals surface area contributed by atoms with Crippen LogP contribution in [0.1, 0.15) is 226 Å². The zero-order valence-electron chi connectivity index (χ0n) is 39.8. The number of allylic oxidation sites excluding steroid dienone is 14. The summed E-state index contributed by atoms with van der Waals surface area (Å²) in [5, 5.41) is 23.7. The fraction of sp³-hybridized carbons (Fsp3) is 0.709. The molecule has 0 heterocycles. The fourth-order valence-electron chi connectivity index (χ4n) is 7.26. The van der Waals surface area contributed by atoms with Crippen LogP contribution in [-0.4, -0.2) is 46.9 Å². The highest BCUT2D eigenvalue weighted by molar-refractivity contribution is 5.77. The van der Waals surface area contributed by atoms with E-state index >= 15 is 0 Å².